The molecule has 1 heterocycles. The molecule has 2 atom stereocenters. The maximum atomic E-state index is 12.8. The Morgan fingerprint density at radius 2 is 1.87 bits per heavy atom. The third-order valence-electron chi connectivity index (χ3n) is 4.40. The number of thioether (sulfide) groups is 1. The van der Waals surface area contributed by atoms with E-state index >= 15 is 0 Å². The quantitative estimate of drug-likeness (QED) is 0.527. The van der Waals surface area contributed by atoms with Crippen LogP contribution in [0.25, 0.3) is 0 Å². The Bertz CT molecular complexity index is 1030. The number of hydrogen-bond donors (Lipinski definition) is 3. The molecule has 11 heteroatoms. The van der Waals surface area contributed by atoms with Crippen LogP contribution in [0.5, 0.6) is 5.75 Å². The average molecular weight is 484 g/mol. The van der Waals surface area contributed by atoms with Gasteiger partial charge in [0.2, 0.25) is 11.8 Å². The second-order valence-corrected chi connectivity index (χ2v) is 10.3. The molecule has 1 saturated heterocycles. The van der Waals surface area contributed by atoms with Gasteiger partial charge in [-0.15, -0.1) is 11.8 Å². The first-order valence-electron chi connectivity index (χ1n) is 9.47. The van der Waals surface area contributed by atoms with Gasteiger partial charge in [-0.25, -0.2) is 8.42 Å². The molecule has 0 aromatic heterocycles. The van der Waals surface area contributed by atoms with Gasteiger partial charge in [0.25, 0.3) is 0 Å². The predicted molar refractivity (Wildman–Crippen MR) is 121 cm³/mol. The zero-order valence-corrected chi connectivity index (χ0v) is 19.0. The number of halogens is 1. The molecule has 31 heavy (non-hydrogen) atoms. The van der Waals surface area contributed by atoms with Gasteiger partial charge < -0.3 is 15.4 Å². The van der Waals surface area contributed by atoms with E-state index in [4.69, 9.17) is 16.3 Å². The van der Waals surface area contributed by atoms with Gasteiger partial charge >= 0.3 is 0 Å². The Hall–Kier alpha value is -2.27. The van der Waals surface area contributed by atoms with Gasteiger partial charge in [0.1, 0.15) is 11.2 Å². The number of benzene rings is 2. The maximum absolute atomic E-state index is 12.8. The monoisotopic (exact) mass is 483 g/mol. The van der Waals surface area contributed by atoms with Gasteiger partial charge in [-0.2, -0.15) is 0 Å². The number of carbonyl (C=O) groups excluding carboxylic acids is 2. The van der Waals surface area contributed by atoms with Gasteiger partial charge in [-0.3, -0.25) is 14.9 Å². The van der Waals surface area contributed by atoms with Crippen LogP contribution in [0.1, 0.15) is 6.92 Å². The summed E-state index contributed by atoms with van der Waals surface area (Å²) < 4.78 is 31.0. The molecule has 166 valence electrons. The van der Waals surface area contributed by atoms with Crippen LogP contribution in [0, 0.1) is 0 Å². The van der Waals surface area contributed by atoms with Crippen LogP contribution in [-0.4, -0.2) is 49.9 Å². The number of amides is 2. The predicted octanol–water partition coefficient (Wildman–Crippen LogP) is 2.26. The molecule has 0 saturated carbocycles. The topological polar surface area (TPSA) is 114 Å². The van der Waals surface area contributed by atoms with Crippen LogP contribution < -0.4 is 20.7 Å². The highest BCUT2D eigenvalue weighted by atomic mass is 35.5. The van der Waals surface area contributed by atoms with E-state index in [-0.39, 0.29) is 23.1 Å². The molecule has 0 bridgehead atoms. The molecule has 1 fully saturated rings. The molecule has 3 rings (SSSR count). The van der Waals surface area contributed by atoms with Crippen LogP contribution in [0.4, 0.5) is 5.69 Å². The fraction of sp³-hybridized carbons (Fsp3) is 0.300. The highest BCUT2D eigenvalue weighted by Crippen LogP contribution is 2.22. The second kappa shape index (κ2) is 10.4. The number of sulfone groups is 1. The highest BCUT2D eigenvalue weighted by molar-refractivity contribution is 8.00. The maximum Gasteiger partial charge on any atom is 0.241 e. The van der Waals surface area contributed by atoms with E-state index in [1.54, 1.807) is 36.4 Å². The van der Waals surface area contributed by atoms with Crippen LogP contribution in [0.15, 0.2) is 53.4 Å². The minimum absolute atomic E-state index is 0.0475. The summed E-state index contributed by atoms with van der Waals surface area (Å²) >= 11 is 6.97. The molecular formula is C20H22ClN3O5S2. The zero-order valence-electron chi connectivity index (χ0n) is 16.6. The van der Waals surface area contributed by atoms with Gasteiger partial charge in [0.05, 0.1) is 17.3 Å². The average Bonchev–Trinajstić information content (AvgIpc) is 2.74. The summed E-state index contributed by atoms with van der Waals surface area (Å²) in [5.74, 6) is -0.242. The standard InChI is InChI=1S/C20H22ClN3O5S2/c1-2-29-15-7-9-16(10-8-15)31(27,28)17-11-22-20(24-19(17)26)30-12-18(25)23-14-5-3-13(21)4-6-14/h3-10,17,20,22H,2,11-12H2,1H3,(H,23,25)(H,24,26). The van der Waals surface area contributed by atoms with E-state index in [1.807, 2.05) is 6.92 Å². The Morgan fingerprint density at radius 1 is 1.19 bits per heavy atom. The fourth-order valence-corrected chi connectivity index (χ4v) is 5.32. The smallest absolute Gasteiger partial charge is 0.241 e. The lowest BCUT2D eigenvalue weighted by molar-refractivity contribution is -0.122. The van der Waals surface area contributed by atoms with E-state index in [0.717, 1.165) is 11.8 Å². The summed E-state index contributed by atoms with van der Waals surface area (Å²) in [5.41, 5.74) is 0.0346. The largest absolute Gasteiger partial charge is 0.494 e. The normalized spacial score (nSPS) is 18.8. The van der Waals surface area contributed by atoms with Gasteiger partial charge in [-0.05, 0) is 55.5 Å². The lowest BCUT2D eigenvalue weighted by atomic mass is 10.3. The molecule has 3 N–H and O–H groups in total. The van der Waals surface area contributed by atoms with Crippen molar-refractivity contribution in [2.24, 2.45) is 0 Å². The first kappa shape index (κ1) is 23.4. The fourth-order valence-electron chi connectivity index (χ4n) is 2.88. The van der Waals surface area contributed by atoms with Crippen LogP contribution in [-0.2, 0) is 19.4 Å². The summed E-state index contributed by atoms with van der Waals surface area (Å²) in [7, 11) is -3.87. The summed E-state index contributed by atoms with van der Waals surface area (Å²) in [4.78, 5) is 24.6. The molecular weight excluding hydrogens is 462 g/mol. The number of hydrogen-bond acceptors (Lipinski definition) is 7. The van der Waals surface area contributed by atoms with Crippen LogP contribution in [0.2, 0.25) is 5.02 Å². The molecule has 2 unspecified atom stereocenters. The number of rotatable bonds is 8. The Balaban J connectivity index is 1.53. The molecule has 2 amide bonds. The van der Waals surface area contributed by atoms with Crippen molar-refractivity contribution in [2.75, 3.05) is 24.2 Å². The molecule has 1 aliphatic heterocycles. The number of nitrogens with one attached hydrogen (secondary N) is 3. The lowest BCUT2D eigenvalue weighted by Gasteiger charge is -2.29. The lowest BCUT2D eigenvalue weighted by Crippen LogP contribution is -2.59. The first-order chi connectivity index (χ1) is 14.8. The third kappa shape index (κ3) is 6.13. The van der Waals surface area contributed by atoms with E-state index in [2.05, 4.69) is 16.0 Å². The third-order valence-corrected chi connectivity index (χ3v) is 7.76. The molecule has 0 aliphatic carbocycles. The van der Waals surface area contributed by atoms with Crippen LogP contribution >= 0.6 is 23.4 Å². The van der Waals surface area contributed by atoms with Gasteiger partial charge in [-0.1, -0.05) is 11.6 Å². The van der Waals surface area contributed by atoms with Crippen molar-refractivity contribution in [1.82, 2.24) is 10.6 Å². The molecule has 1 aliphatic rings. The molecule has 2 aromatic rings. The molecule has 0 spiro atoms. The van der Waals surface area contributed by atoms with Crippen molar-refractivity contribution < 1.29 is 22.7 Å². The number of carbonyl (C=O) groups is 2. The van der Waals surface area contributed by atoms with Gasteiger partial charge in [0.15, 0.2) is 15.1 Å². The van der Waals surface area contributed by atoms with Crippen molar-refractivity contribution in [1.29, 1.82) is 0 Å². The zero-order chi connectivity index (χ0) is 22.4. The summed E-state index contributed by atoms with van der Waals surface area (Å²) in [6, 6.07) is 12.7. The summed E-state index contributed by atoms with van der Waals surface area (Å²) in [5, 5.41) is 7.61. The summed E-state index contributed by atoms with van der Waals surface area (Å²) in [6.07, 6.45) is 0. The van der Waals surface area contributed by atoms with Gasteiger partial charge in [0, 0.05) is 17.3 Å². The van der Waals surface area contributed by atoms with Crippen molar-refractivity contribution in [3.05, 3.63) is 53.6 Å². The number of ether oxygens (including phenoxy) is 1. The minimum atomic E-state index is -3.87. The number of anilines is 1. The Morgan fingerprint density at radius 3 is 2.48 bits per heavy atom. The van der Waals surface area contributed by atoms with E-state index in [1.165, 1.54) is 12.1 Å². The van der Waals surface area contributed by atoms with Crippen molar-refractivity contribution in [3.63, 3.8) is 0 Å². The summed E-state index contributed by atoms with van der Waals surface area (Å²) in [6.45, 7) is 2.24. The Labute approximate surface area is 190 Å². The SMILES string of the molecule is CCOc1ccc(S(=O)(=O)C2CNC(SCC(=O)Nc3ccc(Cl)cc3)NC2=O)cc1. The van der Waals surface area contributed by atoms with Crippen LogP contribution in [0.3, 0.4) is 0 Å². The molecule has 0 radical (unpaired) electrons. The second-order valence-electron chi connectivity index (χ2n) is 6.60. The van der Waals surface area contributed by atoms with E-state index < -0.39 is 26.5 Å². The highest BCUT2D eigenvalue weighted by Gasteiger charge is 2.38. The molecule has 8 nitrogen and oxygen atoms in total. The Kier molecular flexibility index (Phi) is 7.82. The molecule has 2 aromatic carbocycles. The first-order valence-corrected chi connectivity index (χ1v) is 12.4. The van der Waals surface area contributed by atoms with E-state index in [0.29, 0.717) is 23.1 Å². The van der Waals surface area contributed by atoms with E-state index in [9.17, 15) is 18.0 Å². The van der Waals surface area contributed by atoms with Crippen molar-refractivity contribution in [2.45, 2.75) is 22.6 Å². The minimum Gasteiger partial charge on any atom is -0.494 e. The van der Waals surface area contributed by atoms with Crippen molar-refractivity contribution >= 4 is 50.7 Å². The van der Waals surface area contributed by atoms with Crippen molar-refractivity contribution in [3.8, 4) is 5.75 Å².